The third-order valence-corrected chi connectivity index (χ3v) is 2.37. The molecule has 0 amide bonds. The van der Waals surface area contributed by atoms with Gasteiger partial charge in [0.1, 0.15) is 12.3 Å². The number of aromatic nitrogens is 1. The highest BCUT2D eigenvalue weighted by Crippen LogP contribution is 2.33. The van der Waals surface area contributed by atoms with E-state index in [-0.39, 0.29) is 23.7 Å². The number of hydrogen-bond acceptors (Lipinski definition) is 1. The first-order chi connectivity index (χ1) is 7.04. The molecule has 0 atom stereocenters. The van der Waals surface area contributed by atoms with E-state index in [1.807, 2.05) is 0 Å². The number of phenols is 1. The second-order valence-electron chi connectivity index (χ2n) is 3.39. The van der Waals surface area contributed by atoms with Crippen LogP contribution in [0.4, 0.5) is 8.78 Å². The molecule has 0 aliphatic heterocycles. The Morgan fingerprint density at radius 2 is 2.06 bits per heavy atom. The van der Waals surface area contributed by atoms with E-state index < -0.39 is 12.5 Å². The molecule has 0 aliphatic carbocycles. The largest absolute Gasteiger partial charge is 1.00 e. The first kappa shape index (κ1) is 12.7. The van der Waals surface area contributed by atoms with Crippen molar-refractivity contribution < 1.29 is 32.0 Å². The Bertz CT molecular complexity index is 499. The zero-order chi connectivity index (χ0) is 11.1. The van der Waals surface area contributed by atoms with Gasteiger partial charge in [-0.3, -0.25) is 0 Å². The lowest BCUT2D eigenvalue weighted by molar-refractivity contribution is -0.409. The fourth-order valence-corrected chi connectivity index (χ4v) is 1.55. The van der Waals surface area contributed by atoms with Crippen molar-refractivity contribution in [2.24, 2.45) is 0 Å². The van der Waals surface area contributed by atoms with Crippen LogP contribution in [0, 0.1) is 0 Å². The Labute approximate surface area is 96.7 Å². The Morgan fingerprint density at radius 3 is 2.69 bits per heavy atom. The minimum absolute atomic E-state index is 0. The van der Waals surface area contributed by atoms with Crippen molar-refractivity contribution in [3.05, 3.63) is 30.0 Å². The van der Waals surface area contributed by atoms with Crippen molar-refractivity contribution in [3.63, 3.8) is 0 Å². The van der Waals surface area contributed by atoms with Gasteiger partial charge in [0.05, 0.1) is 5.56 Å². The molecule has 0 saturated carbocycles. The highest BCUT2D eigenvalue weighted by Gasteiger charge is 2.34. The molecule has 2 aromatic rings. The van der Waals surface area contributed by atoms with Gasteiger partial charge in [-0.05, 0) is 18.2 Å². The topological polar surface area (TPSA) is 63.7 Å². The van der Waals surface area contributed by atoms with Gasteiger partial charge in [-0.2, -0.15) is 8.78 Å². The summed E-state index contributed by atoms with van der Waals surface area (Å²) in [7, 11) is 0. The molecule has 1 aromatic carbocycles. The summed E-state index contributed by atoms with van der Waals surface area (Å²) < 4.78 is 26.8. The molecule has 0 fully saturated rings. The van der Waals surface area contributed by atoms with Crippen LogP contribution in [0.5, 0.6) is 5.75 Å². The number of aromatic amines is 1. The number of fused-ring (bicyclic) bond motifs is 1. The van der Waals surface area contributed by atoms with Crippen LogP contribution in [0.3, 0.4) is 0 Å². The molecule has 3 nitrogen and oxygen atoms in total. The summed E-state index contributed by atoms with van der Waals surface area (Å²) in [4.78, 5) is 2.74. The van der Waals surface area contributed by atoms with E-state index in [0.717, 1.165) is 0 Å². The first-order valence-corrected chi connectivity index (χ1v) is 4.52. The van der Waals surface area contributed by atoms with Crippen molar-refractivity contribution in [1.29, 1.82) is 0 Å². The summed E-state index contributed by atoms with van der Waals surface area (Å²) in [6, 6.07) is 4.34. The Hall–Kier alpha value is -1.33. The lowest BCUT2D eigenvalue weighted by Gasteiger charge is -2.10. The van der Waals surface area contributed by atoms with Crippen molar-refractivity contribution in [2.45, 2.75) is 5.92 Å². The lowest BCUT2D eigenvalue weighted by atomic mass is 10.1. The standard InChI is InChI=1S/C10H10F2N2O.ClH/c11-10(12,5-13)8-4-14-9-2-1-6(15)3-7(8)9;/h1-4,14-15H,5,13H2;1H. The molecule has 0 unspecified atom stereocenters. The molecular formula is C10H11ClF2N2O. The number of benzene rings is 1. The van der Waals surface area contributed by atoms with Crippen LogP contribution in [0.25, 0.3) is 10.9 Å². The van der Waals surface area contributed by atoms with E-state index >= 15 is 0 Å². The third-order valence-electron chi connectivity index (χ3n) is 2.37. The molecule has 1 aromatic heterocycles. The highest BCUT2D eigenvalue weighted by molar-refractivity contribution is 5.85. The van der Waals surface area contributed by atoms with Gasteiger partial charge >= 0.3 is 5.92 Å². The summed E-state index contributed by atoms with van der Waals surface area (Å²) in [5.41, 5.74) is 3.67. The van der Waals surface area contributed by atoms with E-state index in [1.54, 1.807) is 6.07 Å². The van der Waals surface area contributed by atoms with Crippen molar-refractivity contribution in [1.82, 2.24) is 4.98 Å². The van der Waals surface area contributed by atoms with Crippen LogP contribution in [-0.4, -0.2) is 16.6 Å². The molecule has 0 radical (unpaired) electrons. The van der Waals surface area contributed by atoms with Gasteiger partial charge in [0, 0.05) is 17.1 Å². The van der Waals surface area contributed by atoms with E-state index in [0.29, 0.717) is 10.9 Å². The molecular weight excluding hydrogens is 238 g/mol. The molecule has 16 heavy (non-hydrogen) atoms. The molecule has 0 bridgehead atoms. The SMILES string of the molecule is [Cl-].[NH3+]CC(F)(F)c1c[nH]c2ccc(O)cc12. The fraction of sp³-hybridized carbons (Fsp3) is 0.200. The Balaban J connectivity index is 0.00000128. The first-order valence-electron chi connectivity index (χ1n) is 4.52. The van der Waals surface area contributed by atoms with Gasteiger partial charge in [-0.25, -0.2) is 0 Å². The van der Waals surface area contributed by atoms with Crippen LogP contribution in [-0.2, 0) is 5.92 Å². The Kier molecular flexibility index (Phi) is 3.40. The summed E-state index contributed by atoms with van der Waals surface area (Å²) in [5, 5.41) is 9.57. The maximum Gasteiger partial charge on any atom is 0.322 e. The number of halogens is 3. The normalized spacial score (nSPS) is 11.4. The minimum atomic E-state index is -2.97. The summed E-state index contributed by atoms with van der Waals surface area (Å²) in [6.45, 7) is -0.504. The number of alkyl halides is 2. The maximum atomic E-state index is 13.4. The molecule has 6 heteroatoms. The quantitative estimate of drug-likeness (QED) is 0.578. The number of aromatic hydroxyl groups is 1. The van der Waals surface area contributed by atoms with E-state index in [4.69, 9.17) is 0 Å². The second-order valence-corrected chi connectivity index (χ2v) is 3.39. The van der Waals surface area contributed by atoms with Crippen LogP contribution in [0.15, 0.2) is 24.4 Å². The maximum absolute atomic E-state index is 13.4. The van der Waals surface area contributed by atoms with E-state index in [2.05, 4.69) is 10.7 Å². The average Bonchev–Trinajstić information content (AvgIpc) is 2.61. The molecule has 0 saturated heterocycles. The van der Waals surface area contributed by atoms with Crippen molar-refractivity contribution >= 4 is 10.9 Å². The number of H-pyrrole nitrogens is 1. The second kappa shape index (κ2) is 4.27. The van der Waals surface area contributed by atoms with Crippen LogP contribution in [0.1, 0.15) is 5.56 Å². The predicted molar refractivity (Wildman–Crippen MR) is 51.6 cm³/mol. The number of nitrogens with one attached hydrogen (secondary N) is 1. The van der Waals surface area contributed by atoms with Gasteiger partial charge in [0.15, 0.2) is 0 Å². The molecule has 1 heterocycles. The highest BCUT2D eigenvalue weighted by atomic mass is 35.5. The minimum Gasteiger partial charge on any atom is -1.00 e. The van der Waals surface area contributed by atoms with Gasteiger partial charge in [0.25, 0.3) is 0 Å². The number of phenolic OH excluding ortho intramolecular Hbond substituents is 1. The van der Waals surface area contributed by atoms with Crippen molar-refractivity contribution in [3.8, 4) is 5.75 Å². The van der Waals surface area contributed by atoms with Gasteiger partial charge < -0.3 is 28.2 Å². The Morgan fingerprint density at radius 1 is 1.38 bits per heavy atom. The summed E-state index contributed by atoms with van der Waals surface area (Å²) in [6.07, 6.45) is 1.26. The zero-order valence-corrected chi connectivity index (χ0v) is 9.06. The monoisotopic (exact) mass is 248 g/mol. The number of rotatable bonds is 2. The molecule has 2 rings (SSSR count). The average molecular weight is 249 g/mol. The van der Waals surface area contributed by atoms with E-state index in [1.165, 1.54) is 18.3 Å². The molecule has 0 spiro atoms. The molecule has 5 N–H and O–H groups in total. The molecule has 0 aliphatic rings. The smallest absolute Gasteiger partial charge is 0.322 e. The van der Waals surface area contributed by atoms with Crippen LogP contribution >= 0.6 is 0 Å². The number of hydrogen-bond donors (Lipinski definition) is 3. The van der Waals surface area contributed by atoms with Crippen LogP contribution < -0.4 is 18.1 Å². The lowest BCUT2D eigenvalue weighted by Crippen LogP contribution is -3.00. The summed E-state index contributed by atoms with van der Waals surface area (Å²) >= 11 is 0. The van der Waals surface area contributed by atoms with Gasteiger partial charge in [-0.1, -0.05) is 0 Å². The summed E-state index contributed by atoms with van der Waals surface area (Å²) in [5.74, 6) is -2.99. The van der Waals surface area contributed by atoms with Crippen LogP contribution in [0.2, 0.25) is 0 Å². The molecule has 88 valence electrons. The van der Waals surface area contributed by atoms with Crippen molar-refractivity contribution in [2.75, 3.05) is 6.54 Å². The predicted octanol–water partition coefficient (Wildman–Crippen LogP) is -1.79. The van der Waals surface area contributed by atoms with Gasteiger partial charge in [0.2, 0.25) is 0 Å². The third kappa shape index (κ3) is 1.96. The zero-order valence-electron chi connectivity index (χ0n) is 8.30. The van der Waals surface area contributed by atoms with Gasteiger partial charge in [-0.15, -0.1) is 0 Å². The fourth-order valence-electron chi connectivity index (χ4n) is 1.55. The van der Waals surface area contributed by atoms with E-state index in [9.17, 15) is 13.9 Å². The number of quaternary nitrogens is 1.